The van der Waals surface area contributed by atoms with E-state index in [0.717, 1.165) is 32.5 Å². The van der Waals surface area contributed by atoms with Crippen LogP contribution in [0.25, 0.3) is 0 Å². The number of rotatable bonds is 6. The molecule has 1 saturated heterocycles. The molecule has 2 aliphatic carbocycles. The van der Waals surface area contributed by atoms with Gasteiger partial charge in [0.25, 0.3) is 0 Å². The van der Waals surface area contributed by atoms with Crippen LogP contribution in [0.15, 0.2) is 29.2 Å². The van der Waals surface area contributed by atoms with Gasteiger partial charge in [-0.15, -0.1) is 0 Å². The van der Waals surface area contributed by atoms with Crippen LogP contribution in [0.4, 0.5) is 0 Å². The molecule has 1 aromatic carbocycles. The third-order valence-corrected chi connectivity index (χ3v) is 7.45. The van der Waals surface area contributed by atoms with E-state index in [4.69, 9.17) is 16.3 Å². The van der Waals surface area contributed by atoms with Gasteiger partial charge in [-0.1, -0.05) is 11.6 Å². The number of benzene rings is 1. The van der Waals surface area contributed by atoms with Crippen molar-refractivity contribution in [1.82, 2.24) is 10.0 Å². The number of hydrogen-bond donors (Lipinski definition) is 2. The molecule has 1 aromatic rings. The molecule has 3 aliphatic rings. The molecule has 4 atom stereocenters. The summed E-state index contributed by atoms with van der Waals surface area (Å²) in [5.41, 5.74) is 0. The Balaban J connectivity index is 1.49. The van der Waals surface area contributed by atoms with Gasteiger partial charge in [0.05, 0.1) is 11.0 Å². The maximum Gasteiger partial charge on any atom is 0.240 e. The van der Waals surface area contributed by atoms with E-state index in [0.29, 0.717) is 22.8 Å². The number of halogens is 1. The van der Waals surface area contributed by atoms with Crippen molar-refractivity contribution in [3.8, 4) is 0 Å². The minimum Gasteiger partial charge on any atom is -0.376 e. The highest BCUT2D eigenvalue weighted by molar-refractivity contribution is 7.89. The Morgan fingerprint density at radius 1 is 1.12 bits per heavy atom. The fourth-order valence-electron chi connectivity index (χ4n) is 4.01. The van der Waals surface area contributed by atoms with E-state index >= 15 is 0 Å². The molecule has 0 spiro atoms. The summed E-state index contributed by atoms with van der Waals surface area (Å²) < 4.78 is 34.6. The van der Waals surface area contributed by atoms with E-state index in [1.54, 1.807) is 24.3 Å². The summed E-state index contributed by atoms with van der Waals surface area (Å²) in [4.78, 5) is 0.254. The Hall–Kier alpha value is -0.660. The average Bonchev–Trinajstić information content (AvgIpc) is 3.30. The van der Waals surface area contributed by atoms with Crippen LogP contribution in [0.2, 0.25) is 5.02 Å². The van der Waals surface area contributed by atoms with Crippen LogP contribution >= 0.6 is 11.6 Å². The highest BCUT2D eigenvalue weighted by atomic mass is 35.5. The van der Waals surface area contributed by atoms with Gasteiger partial charge in [-0.25, -0.2) is 13.1 Å². The molecule has 25 heavy (non-hydrogen) atoms. The molecular formula is C18H25ClN2O3S. The molecule has 0 amide bonds. The number of fused-ring (bicyclic) bond motifs is 1. The van der Waals surface area contributed by atoms with Crippen LogP contribution in [0, 0.1) is 17.8 Å². The highest BCUT2D eigenvalue weighted by Gasteiger charge is 2.42. The first-order chi connectivity index (χ1) is 12.0. The van der Waals surface area contributed by atoms with E-state index in [2.05, 4.69) is 10.0 Å². The lowest BCUT2D eigenvalue weighted by Crippen LogP contribution is -2.50. The predicted molar refractivity (Wildman–Crippen MR) is 97.1 cm³/mol. The van der Waals surface area contributed by atoms with E-state index in [-0.39, 0.29) is 17.0 Å². The maximum atomic E-state index is 12.8. The molecule has 0 aromatic heterocycles. The molecule has 2 saturated carbocycles. The van der Waals surface area contributed by atoms with Crippen molar-refractivity contribution in [2.45, 2.75) is 42.7 Å². The normalized spacial score (nSPS) is 32.5. The Bertz CT molecular complexity index is 706. The van der Waals surface area contributed by atoms with Crippen molar-refractivity contribution in [1.29, 1.82) is 0 Å². The monoisotopic (exact) mass is 384 g/mol. The van der Waals surface area contributed by atoms with Crippen molar-refractivity contribution >= 4 is 21.6 Å². The molecule has 3 fully saturated rings. The van der Waals surface area contributed by atoms with E-state index < -0.39 is 10.0 Å². The zero-order chi connectivity index (χ0) is 17.4. The number of hydrogen-bond acceptors (Lipinski definition) is 4. The molecular weight excluding hydrogens is 360 g/mol. The molecule has 0 radical (unpaired) electrons. The van der Waals surface area contributed by atoms with Crippen LogP contribution in [0.5, 0.6) is 0 Å². The van der Waals surface area contributed by atoms with Crippen LogP contribution in [-0.2, 0) is 14.8 Å². The largest absolute Gasteiger partial charge is 0.376 e. The molecule has 138 valence electrons. The lowest BCUT2D eigenvalue weighted by molar-refractivity contribution is -0.0169. The molecule has 4 rings (SSSR count). The van der Waals surface area contributed by atoms with Crippen LogP contribution in [0.1, 0.15) is 25.7 Å². The maximum absolute atomic E-state index is 12.8. The topological polar surface area (TPSA) is 67.4 Å². The first-order valence-corrected chi connectivity index (χ1v) is 11.0. The second-order valence-electron chi connectivity index (χ2n) is 7.65. The Labute approximate surface area is 154 Å². The Morgan fingerprint density at radius 2 is 1.80 bits per heavy atom. The molecule has 5 nitrogen and oxygen atoms in total. The number of ether oxygens (including phenoxy) is 1. The van der Waals surface area contributed by atoms with Crippen molar-refractivity contribution in [3.63, 3.8) is 0 Å². The molecule has 0 unspecified atom stereocenters. The highest BCUT2D eigenvalue weighted by Crippen LogP contribution is 2.37. The van der Waals surface area contributed by atoms with Crippen LogP contribution in [-0.4, -0.2) is 40.3 Å². The molecule has 0 bridgehead atoms. The quantitative estimate of drug-likeness (QED) is 0.790. The Morgan fingerprint density at radius 3 is 2.48 bits per heavy atom. The smallest absolute Gasteiger partial charge is 0.240 e. The van der Waals surface area contributed by atoms with E-state index in [1.165, 1.54) is 12.8 Å². The summed E-state index contributed by atoms with van der Waals surface area (Å²) in [5, 5.41) is 3.97. The minimum absolute atomic E-state index is 0.0381. The zero-order valence-corrected chi connectivity index (χ0v) is 15.7. The summed E-state index contributed by atoms with van der Waals surface area (Å²) in [6.45, 7) is 2.75. The van der Waals surface area contributed by atoms with Gasteiger partial charge in [-0.05, 0) is 80.8 Å². The van der Waals surface area contributed by atoms with Crippen LogP contribution in [0.3, 0.4) is 0 Å². The van der Waals surface area contributed by atoms with Crippen molar-refractivity contribution in [2.75, 3.05) is 19.7 Å². The lowest BCUT2D eigenvalue weighted by Gasteiger charge is -2.38. The summed E-state index contributed by atoms with van der Waals surface area (Å²) >= 11 is 5.87. The summed E-state index contributed by atoms with van der Waals surface area (Å²) in [6.07, 6.45) is 4.20. The number of sulfonamides is 1. The third-order valence-electron chi connectivity index (χ3n) is 5.69. The standard InChI is InChI=1S/C18H25ClN2O3S/c19-15-3-5-16(6-4-15)25(22,23)21-17-7-13-9-20-10-14(13)8-18(17)24-11-12-1-2-12/h3-6,12-14,17-18,20-21H,1-2,7-11H2/t13-,14+,17-,18-/m0/s1. The van der Waals surface area contributed by atoms with Gasteiger partial charge >= 0.3 is 0 Å². The fourth-order valence-corrected chi connectivity index (χ4v) is 5.42. The van der Waals surface area contributed by atoms with Gasteiger partial charge in [0.15, 0.2) is 0 Å². The Kier molecular flexibility index (Phi) is 5.08. The predicted octanol–water partition coefficient (Wildman–Crippen LogP) is 2.41. The van der Waals surface area contributed by atoms with E-state index in [1.807, 2.05) is 0 Å². The lowest BCUT2D eigenvalue weighted by atomic mass is 9.77. The van der Waals surface area contributed by atoms with Crippen LogP contribution < -0.4 is 10.0 Å². The minimum atomic E-state index is -3.57. The van der Waals surface area contributed by atoms with Crippen molar-refractivity contribution < 1.29 is 13.2 Å². The van der Waals surface area contributed by atoms with Gasteiger partial charge in [0.2, 0.25) is 10.0 Å². The first-order valence-electron chi connectivity index (χ1n) is 9.11. The molecule has 1 aliphatic heterocycles. The van der Waals surface area contributed by atoms with Gasteiger partial charge < -0.3 is 10.1 Å². The molecule has 1 heterocycles. The van der Waals surface area contributed by atoms with Gasteiger partial charge in [-0.2, -0.15) is 0 Å². The summed E-state index contributed by atoms with van der Waals surface area (Å²) in [5.74, 6) is 1.80. The average molecular weight is 385 g/mol. The fraction of sp³-hybridized carbons (Fsp3) is 0.667. The van der Waals surface area contributed by atoms with Gasteiger partial charge in [0.1, 0.15) is 0 Å². The van der Waals surface area contributed by atoms with Gasteiger partial charge in [-0.3, -0.25) is 0 Å². The van der Waals surface area contributed by atoms with Gasteiger partial charge in [0, 0.05) is 17.7 Å². The summed E-state index contributed by atoms with van der Waals surface area (Å²) in [7, 11) is -3.57. The first kappa shape index (κ1) is 17.7. The third kappa shape index (κ3) is 4.19. The van der Waals surface area contributed by atoms with E-state index in [9.17, 15) is 8.42 Å². The summed E-state index contributed by atoms with van der Waals surface area (Å²) in [6, 6.07) is 6.14. The van der Waals surface area contributed by atoms with Crippen molar-refractivity contribution in [3.05, 3.63) is 29.3 Å². The molecule has 2 N–H and O–H groups in total. The zero-order valence-electron chi connectivity index (χ0n) is 14.2. The molecule has 7 heteroatoms. The SMILES string of the molecule is O=S(=O)(N[C@H]1C[C@H]2CNC[C@H]2C[C@@H]1OCC1CC1)c1ccc(Cl)cc1. The second kappa shape index (κ2) is 7.16. The second-order valence-corrected chi connectivity index (χ2v) is 9.80. The van der Waals surface area contributed by atoms with Crippen molar-refractivity contribution in [2.24, 2.45) is 17.8 Å². The number of nitrogens with one attached hydrogen (secondary N) is 2.